The van der Waals surface area contributed by atoms with Crippen LogP contribution < -0.4 is 0 Å². The Morgan fingerprint density at radius 3 is 2.63 bits per heavy atom. The molecule has 102 valence electrons. The van der Waals surface area contributed by atoms with Crippen molar-refractivity contribution in [3.8, 4) is 23.7 Å². The second kappa shape index (κ2) is 16.3. The van der Waals surface area contributed by atoms with E-state index in [1.807, 2.05) is 18.2 Å². The van der Waals surface area contributed by atoms with E-state index in [-0.39, 0.29) is 6.61 Å². The highest BCUT2D eigenvalue weighted by Crippen LogP contribution is 2.02. The summed E-state index contributed by atoms with van der Waals surface area (Å²) in [5, 5.41) is 8.49. The Morgan fingerprint density at radius 2 is 1.84 bits per heavy atom. The highest BCUT2D eigenvalue weighted by Gasteiger charge is 1.82. The number of hydrogen-bond acceptors (Lipinski definition) is 1. The van der Waals surface area contributed by atoms with E-state index in [1.54, 1.807) is 12.2 Å². The van der Waals surface area contributed by atoms with Gasteiger partial charge in [0.1, 0.15) is 0 Å². The Morgan fingerprint density at radius 1 is 0.947 bits per heavy atom. The fourth-order valence-corrected chi connectivity index (χ4v) is 1.36. The number of allylic oxidation sites excluding steroid dienone is 5. The normalized spacial score (nSPS) is 10.6. The van der Waals surface area contributed by atoms with Gasteiger partial charge in [-0.05, 0) is 30.8 Å². The highest BCUT2D eigenvalue weighted by atomic mass is 16.2. The van der Waals surface area contributed by atoms with Gasteiger partial charge in [-0.1, -0.05) is 68.4 Å². The molecule has 0 aliphatic rings. The molecule has 0 aliphatic carbocycles. The number of aliphatic hydroxyl groups excluding tert-OH is 1. The first-order valence-electron chi connectivity index (χ1n) is 6.97. The molecule has 0 atom stereocenters. The van der Waals surface area contributed by atoms with Gasteiger partial charge in [0, 0.05) is 6.42 Å². The maximum Gasteiger partial charge on any atom is 0.0612 e. The number of hydrogen-bond donors (Lipinski definition) is 1. The lowest BCUT2D eigenvalue weighted by Crippen LogP contribution is -1.72. The van der Waals surface area contributed by atoms with Crippen LogP contribution in [-0.4, -0.2) is 11.7 Å². The van der Waals surface area contributed by atoms with Gasteiger partial charge in [0.25, 0.3) is 0 Å². The Labute approximate surface area is 118 Å². The van der Waals surface area contributed by atoms with Crippen molar-refractivity contribution >= 4 is 0 Å². The fourth-order valence-electron chi connectivity index (χ4n) is 1.36. The van der Waals surface area contributed by atoms with Crippen LogP contribution in [0.25, 0.3) is 0 Å². The van der Waals surface area contributed by atoms with Crippen LogP contribution >= 0.6 is 0 Å². The van der Waals surface area contributed by atoms with E-state index in [0.717, 1.165) is 6.42 Å². The minimum absolute atomic E-state index is 0.0703. The third-order valence-electron chi connectivity index (χ3n) is 2.37. The predicted molar refractivity (Wildman–Crippen MR) is 83.4 cm³/mol. The van der Waals surface area contributed by atoms with Crippen molar-refractivity contribution in [2.75, 3.05) is 6.61 Å². The fraction of sp³-hybridized carbons (Fsp3) is 0.444. The molecule has 0 radical (unpaired) electrons. The van der Waals surface area contributed by atoms with Gasteiger partial charge in [-0.2, -0.15) is 0 Å². The molecule has 0 saturated carbocycles. The standard InChI is InChI=1S/C18H24O/c1-2-3-4-5-6-7-8-9-10-11-12-13-14-15-16-17-18-19/h7-10,16-17,19H,2-6,15,18H2,1H3/b8-7+,10-9+,17-16-. The van der Waals surface area contributed by atoms with E-state index < -0.39 is 0 Å². The molecule has 0 aliphatic heterocycles. The second-order valence-electron chi connectivity index (χ2n) is 4.07. The molecular formula is C18H24O. The van der Waals surface area contributed by atoms with E-state index in [1.165, 1.54) is 25.7 Å². The van der Waals surface area contributed by atoms with Gasteiger partial charge in [0.15, 0.2) is 0 Å². The van der Waals surface area contributed by atoms with Crippen molar-refractivity contribution < 1.29 is 5.11 Å². The predicted octanol–water partition coefficient (Wildman–Crippen LogP) is 4.01. The smallest absolute Gasteiger partial charge is 0.0612 e. The van der Waals surface area contributed by atoms with E-state index in [0.29, 0.717) is 6.42 Å². The minimum Gasteiger partial charge on any atom is -0.392 e. The third kappa shape index (κ3) is 16.3. The lowest BCUT2D eigenvalue weighted by atomic mass is 10.1. The molecular weight excluding hydrogens is 232 g/mol. The molecule has 1 nitrogen and oxygen atoms in total. The zero-order chi connectivity index (χ0) is 14.0. The topological polar surface area (TPSA) is 20.2 Å². The Bertz CT molecular complexity index is 391. The SMILES string of the molecule is CCCCCC/C=C/C=C/C#CC#CC/C=C\CO. The molecule has 0 aromatic heterocycles. The van der Waals surface area contributed by atoms with Crippen molar-refractivity contribution in [3.05, 3.63) is 36.5 Å². The molecule has 0 aromatic rings. The monoisotopic (exact) mass is 256 g/mol. The first kappa shape index (κ1) is 17.3. The highest BCUT2D eigenvalue weighted by molar-refractivity contribution is 5.32. The summed E-state index contributed by atoms with van der Waals surface area (Å²) < 4.78 is 0. The van der Waals surface area contributed by atoms with Gasteiger partial charge >= 0.3 is 0 Å². The summed E-state index contributed by atoms with van der Waals surface area (Å²) in [5.41, 5.74) is 0. The summed E-state index contributed by atoms with van der Waals surface area (Å²) in [4.78, 5) is 0. The molecule has 0 saturated heterocycles. The molecule has 0 heterocycles. The Hall–Kier alpha value is -1.70. The molecule has 0 unspecified atom stereocenters. The number of aliphatic hydroxyl groups is 1. The number of rotatable bonds is 8. The van der Waals surface area contributed by atoms with Crippen molar-refractivity contribution in [2.24, 2.45) is 0 Å². The molecule has 0 aromatic carbocycles. The maximum atomic E-state index is 8.49. The minimum atomic E-state index is 0.0703. The first-order chi connectivity index (χ1) is 9.41. The van der Waals surface area contributed by atoms with Gasteiger partial charge in [-0.25, -0.2) is 0 Å². The molecule has 0 spiro atoms. The van der Waals surface area contributed by atoms with E-state index in [4.69, 9.17) is 5.11 Å². The summed E-state index contributed by atoms with van der Waals surface area (Å²) in [6.07, 6.45) is 18.5. The van der Waals surface area contributed by atoms with Gasteiger partial charge in [-0.3, -0.25) is 0 Å². The van der Waals surface area contributed by atoms with Crippen LogP contribution in [0.5, 0.6) is 0 Å². The van der Waals surface area contributed by atoms with Crippen molar-refractivity contribution in [3.63, 3.8) is 0 Å². The molecule has 0 rings (SSSR count). The van der Waals surface area contributed by atoms with E-state index in [9.17, 15) is 0 Å². The average Bonchev–Trinajstić information content (AvgIpc) is 2.43. The lowest BCUT2D eigenvalue weighted by molar-refractivity contribution is 0.342. The van der Waals surface area contributed by atoms with Gasteiger partial charge in [0.05, 0.1) is 6.61 Å². The molecule has 19 heavy (non-hydrogen) atoms. The van der Waals surface area contributed by atoms with E-state index in [2.05, 4.69) is 36.7 Å². The molecule has 1 heteroatoms. The molecule has 0 bridgehead atoms. The maximum absolute atomic E-state index is 8.49. The van der Waals surface area contributed by atoms with Crippen LogP contribution in [0.3, 0.4) is 0 Å². The summed E-state index contributed by atoms with van der Waals surface area (Å²) in [5.74, 6) is 11.2. The third-order valence-corrected chi connectivity index (χ3v) is 2.37. The van der Waals surface area contributed by atoms with Crippen molar-refractivity contribution in [1.82, 2.24) is 0 Å². The zero-order valence-electron chi connectivity index (χ0n) is 11.9. The molecule has 0 amide bonds. The second-order valence-corrected chi connectivity index (χ2v) is 4.07. The largest absolute Gasteiger partial charge is 0.392 e. The first-order valence-corrected chi connectivity index (χ1v) is 6.97. The summed E-state index contributed by atoms with van der Waals surface area (Å²) in [6.45, 7) is 2.30. The van der Waals surface area contributed by atoms with Crippen molar-refractivity contribution in [1.29, 1.82) is 0 Å². The van der Waals surface area contributed by atoms with Crippen LogP contribution in [0, 0.1) is 23.7 Å². The summed E-state index contributed by atoms with van der Waals surface area (Å²) in [6, 6.07) is 0. The molecule has 0 fully saturated rings. The van der Waals surface area contributed by atoms with Crippen LogP contribution in [0.4, 0.5) is 0 Å². The zero-order valence-corrected chi connectivity index (χ0v) is 11.9. The summed E-state index contributed by atoms with van der Waals surface area (Å²) >= 11 is 0. The van der Waals surface area contributed by atoms with Gasteiger partial charge in [0.2, 0.25) is 0 Å². The summed E-state index contributed by atoms with van der Waals surface area (Å²) in [7, 11) is 0. The van der Waals surface area contributed by atoms with E-state index >= 15 is 0 Å². The van der Waals surface area contributed by atoms with Gasteiger partial charge < -0.3 is 5.11 Å². The Balaban J connectivity index is 3.62. The quantitative estimate of drug-likeness (QED) is 0.301. The molecule has 1 N–H and O–H groups in total. The van der Waals surface area contributed by atoms with Crippen LogP contribution in [0.1, 0.15) is 45.4 Å². The van der Waals surface area contributed by atoms with Crippen LogP contribution in [0.15, 0.2) is 36.5 Å². The van der Waals surface area contributed by atoms with Gasteiger partial charge in [-0.15, -0.1) is 0 Å². The average molecular weight is 256 g/mol. The number of unbranched alkanes of at least 4 members (excludes halogenated alkanes) is 4. The van der Waals surface area contributed by atoms with Crippen LogP contribution in [-0.2, 0) is 0 Å². The lowest BCUT2D eigenvalue weighted by Gasteiger charge is -1.92. The van der Waals surface area contributed by atoms with Crippen LogP contribution in [0.2, 0.25) is 0 Å². The Kier molecular flexibility index (Phi) is 14.8. The van der Waals surface area contributed by atoms with Crippen molar-refractivity contribution in [2.45, 2.75) is 45.4 Å².